The number of pyridine rings is 1. The lowest BCUT2D eigenvalue weighted by atomic mass is 10.0. The summed E-state index contributed by atoms with van der Waals surface area (Å²) in [6, 6.07) is 5.78. The van der Waals surface area contributed by atoms with Gasteiger partial charge in [0.25, 0.3) is 0 Å². The van der Waals surface area contributed by atoms with Gasteiger partial charge in [-0.2, -0.15) is 9.38 Å². The number of aromatic nitrogens is 2. The molecule has 1 N–H and O–H groups in total. The molecule has 3 rings (SSSR count). The lowest BCUT2D eigenvalue weighted by molar-refractivity contribution is -0.389. The Hall–Kier alpha value is -2.15. The first kappa shape index (κ1) is 16.7. The van der Waals surface area contributed by atoms with Crippen molar-refractivity contribution in [1.82, 2.24) is 14.3 Å². The van der Waals surface area contributed by atoms with Gasteiger partial charge in [-0.25, -0.2) is 0 Å². The van der Waals surface area contributed by atoms with E-state index in [1.54, 1.807) is 18.3 Å². The molecule has 0 aromatic carbocycles. The standard InChI is InChI=1S/C17H25N5O2/c1-13(2)11-14(20-8-5-6-9-20)12-18-16-17(22(23)24)21-10-4-3-7-15(21)19-16/h3-4,7,10,13-14,18H,5-6,8-9,11-12H2,1-2H3. The summed E-state index contributed by atoms with van der Waals surface area (Å²) in [5, 5.41) is 14.7. The highest BCUT2D eigenvalue weighted by Gasteiger charge is 2.26. The van der Waals surface area contributed by atoms with Crippen LogP contribution >= 0.6 is 0 Å². The Balaban J connectivity index is 1.80. The molecular weight excluding hydrogens is 306 g/mol. The fraction of sp³-hybridized carbons (Fsp3) is 0.588. The zero-order valence-corrected chi connectivity index (χ0v) is 14.3. The van der Waals surface area contributed by atoms with Crippen LogP contribution in [0.3, 0.4) is 0 Å². The van der Waals surface area contributed by atoms with Gasteiger partial charge in [-0.05, 0) is 49.3 Å². The monoisotopic (exact) mass is 331 g/mol. The predicted octanol–water partition coefficient (Wildman–Crippen LogP) is 3.16. The van der Waals surface area contributed by atoms with Crippen LogP contribution in [0.25, 0.3) is 5.65 Å². The first-order chi connectivity index (χ1) is 11.6. The van der Waals surface area contributed by atoms with Crippen molar-refractivity contribution in [3.8, 4) is 0 Å². The quantitative estimate of drug-likeness (QED) is 0.623. The zero-order valence-electron chi connectivity index (χ0n) is 14.3. The second-order valence-corrected chi connectivity index (χ2v) is 6.88. The molecule has 1 unspecified atom stereocenters. The number of nitro groups is 1. The lowest BCUT2D eigenvalue weighted by Gasteiger charge is -2.29. The minimum Gasteiger partial charge on any atom is -0.361 e. The summed E-state index contributed by atoms with van der Waals surface area (Å²) in [4.78, 5) is 18.0. The topological polar surface area (TPSA) is 75.7 Å². The second kappa shape index (κ2) is 7.17. The molecule has 1 atom stereocenters. The smallest absolute Gasteiger partial charge is 0.361 e. The molecule has 1 aliphatic rings. The van der Waals surface area contributed by atoms with E-state index in [2.05, 4.69) is 29.0 Å². The van der Waals surface area contributed by atoms with Crippen LogP contribution in [0.5, 0.6) is 0 Å². The maximum atomic E-state index is 11.5. The lowest BCUT2D eigenvalue weighted by Crippen LogP contribution is -2.39. The number of nitrogens with zero attached hydrogens (tertiary/aromatic N) is 4. The Morgan fingerprint density at radius 3 is 2.75 bits per heavy atom. The molecule has 0 saturated carbocycles. The van der Waals surface area contributed by atoms with Crippen molar-refractivity contribution < 1.29 is 4.92 Å². The van der Waals surface area contributed by atoms with Crippen molar-refractivity contribution in [2.45, 2.75) is 39.2 Å². The van der Waals surface area contributed by atoms with Crippen molar-refractivity contribution in [3.05, 3.63) is 34.5 Å². The molecule has 1 aliphatic heterocycles. The normalized spacial score (nSPS) is 16.8. The summed E-state index contributed by atoms with van der Waals surface area (Å²) in [5.41, 5.74) is 0.591. The van der Waals surface area contributed by atoms with Gasteiger partial charge in [0.15, 0.2) is 0 Å². The molecule has 2 aromatic rings. The number of hydrogen-bond acceptors (Lipinski definition) is 5. The van der Waals surface area contributed by atoms with E-state index >= 15 is 0 Å². The van der Waals surface area contributed by atoms with Gasteiger partial charge in [-0.3, -0.25) is 4.90 Å². The van der Waals surface area contributed by atoms with Crippen LogP contribution in [0.2, 0.25) is 0 Å². The van der Waals surface area contributed by atoms with Crippen LogP contribution < -0.4 is 5.32 Å². The van der Waals surface area contributed by atoms with E-state index in [0.717, 1.165) is 19.5 Å². The summed E-state index contributed by atoms with van der Waals surface area (Å²) < 4.78 is 1.52. The number of anilines is 1. The highest BCUT2D eigenvalue weighted by Crippen LogP contribution is 2.26. The Labute approximate surface area is 141 Å². The van der Waals surface area contributed by atoms with E-state index < -0.39 is 0 Å². The Kier molecular flexibility index (Phi) is 4.99. The minimum absolute atomic E-state index is 0.00955. The van der Waals surface area contributed by atoms with Crippen LogP contribution in [0, 0.1) is 16.0 Å². The van der Waals surface area contributed by atoms with Crippen molar-refractivity contribution in [1.29, 1.82) is 0 Å². The van der Waals surface area contributed by atoms with Gasteiger partial charge in [0.05, 0.1) is 6.20 Å². The molecule has 24 heavy (non-hydrogen) atoms. The highest BCUT2D eigenvalue weighted by molar-refractivity contribution is 5.62. The van der Waals surface area contributed by atoms with Gasteiger partial charge in [0, 0.05) is 18.7 Å². The van der Waals surface area contributed by atoms with Crippen LogP contribution in [0.1, 0.15) is 33.1 Å². The molecule has 2 aromatic heterocycles. The molecular formula is C17H25N5O2. The van der Waals surface area contributed by atoms with Crippen molar-refractivity contribution in [3.63, 3.8) is 0 Å². The van der Waals surface area contributed by atoms with Crippen molar-refractivity contribution >= 4 is 17.3 Å². The van der Waals surface area contributed by atoms with Crippen LogP contribution in [0.4, 0.5) is 11.6 Å². The molecule has 0 spiro atoms. The van der Waals surface area contributed by atoms with Gasteiger partial charge in [-0.15, -0.1) is 0 Å². The molecule has 0 radical (unpaired) electrons. The van der Waals surface area contributed by atoms with E-state index in [0.29, 0.717) is 30.0 Å². The zero-order chi connectivity index (χ0) is 17.1. The fourth-order valence-electron chi connectivity index (χ4n) is 3.50. The highest BCUT2D eigenvalue weighted by atomic mass is 16.6. The molecule has 7 heteroatoms. The Bertz CT molecular complexity index is 706. The summed E-state index contributed by atoms with van der Waals surface area (Å²) in [6.45, 7) is 7.36. The first-order valence-corrected chi connectivity index (χ1v) is 8.65. The third-order valence-corrected chi connectivity index (χ3v) is 4.58. The summed E-state index contributed by atoms with van der Waals surface area (Å²) in [6.07, 6.45) is 5.23. The number of hydrogen-bond donors (Lipinski definition) is 1. The number of nitrogens with one attached hydrogen (secondary N) is 1. The third kappa shape index (κ3) is 3.51. The van der Waals surface area contributed by atoms with Gasteiger partial charge in [-0.1, -0.05) is 19.9 Å². The van der Waals surface area contributed by atoms with E-state index in [-0.39, 0.29) is 10.7 Å². The molecule has 0 bridgehead atoms. The summed E-state index contributed by atoms with van der Waals surface area (Å²) in [5.74, 6) is 0.961. The van der Waals surface area contributed by atoms with Gasteiger partial charge >= 0.3 is 5.82 Å². The fourth-order valence-corrected chi connectivity index (χ4v) is 3.50. The van der Waals surface area contributed by atoms with Gasteiger partial charge in [0.1, 0.15) is 0 Å². The van der Waals surface area contributed by atoms with E-state index in [1.165, 1.54) is 17.2 Å². The SMILES string of the molecule is CC(C)CC(CNc1nc2ccccn2c1[N+](=O)[O-])N1CCCC1. The van der Waals surface area contributed by atoms with Gasteiger partial charge in [0.2, 0.25) is 11.5 Å². The molecule has 130 valence electrons. The Morgan fingerprint density at radius 1 is 1.33 bits per heavy atom. The molecule has 7 nitrogen and oxygen atoms in total. The van der Waals surface area contributed by atoms with E-state index in [1.807, 2.05) is 6.07 Å². The minimum atomic E-state index is -0.365. The van der Waals surface area contributed by atoms with Crippen LogP contribution in [0.15, 0.2) is 24.4 Å². The van der Waals surface area contributed by atoms with Crippen LogP contribution in [-0.4, -0.2) is 44.9 Å². The van der Waals surface area contributed by atoms with Gasteiger partial charge < -0.3 is 15.4 Å². The second-order valence-electron chi connectivity index (χ2n) is 6.88. The summed E-state index contributed by atoms with van der Waals surface area (Å²) >= 11 is 0. The number of likely N-dealkylation sites (tertiary alicyclic amines) is 1. The van der Waals surface area contributed by atoms with Crippen molar-refractivity contribution in [2.75, 3.05) is 25.0 Å². The molecule has 1 fully saturated rings. The maximum Gasteiger partial charge on any atom is 0.372 e. The molecule has 1 saturated heterocycles. The average molecular weight is 331 g/mol. The largest absolute Gasteiger partial charge is 0.372 e. The number of imidazole rings is 1. The first-order valence-electron chi connectivity index (χ1n) is 8.65. The average Bonchev–Trinajstić information content (AvgIpc) is 3.18. The number of fused-ring (bicyclic) bond motifs is 1. The van der Waals surface area contributed by atoms with Crippen molar-refractivity contribution in [2.24, 2.45) is 5.92 Å². The van der Waals surface area contributed by atoms with Crippen LogP contribution in [-0.2, 0) is 0 Å². The summed E-state index contributed by atoms with van der Waals surface area (Å²) in [7, 11) is 0. The Morgan fingerprint density at radius 2 is 2.08 bits per heavy atom. The van der Waals surface area contributed by atoms with E-state index in [4.69, 9.17) is 0 Å². The molecule has 3 heterocycles. The third-order valence-electron chi connectivity index (χ3n) is 4.58. The predicted molar refractivity (Wildman–Crippen MR) is 94.4 cm³/mol. The molecule has 0 amide bonds. The maximum absolute atomic E-state index is 11.5. The number of rotatable bonds is 7. The molecule has 0 aliphatic carbocycles. The van der Waals surface area contributed by atoms with E-state index in [9.17, 15) is 10.1 Å².